The van der Waals surface area contributed by atoms with Crippen molar-refractivity contribution in [3.8, 4) is 0 Å². The zero-order chi connectivity index (χ0) is 12.1. The van der Waals surface area contributed by atoms with Crippen molar-refractivity contribution in [1.82, 2.24) is 0 Å². The molecule has 0 heterocycles. The fraction of sp³-hybridized carbons (Fsp3) is 0.538. The monoisotopic (exact) mass is 285 g/mol. The van der Waals surface area contributed by atoms with Gasteiger partial charge in [-0.1, -0.05) is 35.0 Å². The fourth-order valence-corrected chi connectivity index (χ4v) is 2.03. The molecule has 0 aliphatic carbocycles. The van der Waals surface area contributed by atoms with Crippen LogP contribution < -0.4 is 5.73 Å². The van der Waals surface area contributed by atoms with E-state index in [4.69, 9.17) is 10.5 Å². The second kappa shape index (κ2) is 6.38. The minimum Gasteiger partial charge on any atom is -0.369 e. The van der Waals surface area contributed by atoms with Crippen LogP contribution in [0.15, 0.2) is 28.7 Å². The molecule has 90 valence electrons. The predicted molar refractivity (Wildman–Crippen MR) is 71.4 cm³/mol. The van der Waals surface area contributed by atoms with Gasteiger partial charge in [-0.3, -0.25) is 0 Å². The van der Waals surface area contributed by atoms with E-state index in [1.165, 1.54) is 0 Å². The van der Waals surface area contributed by atoms with Crippen molar-refractivity contribution >= 4 is 15.9 Å². The average molecular weight is 286 g/mol. The highest BCUT2D eigenvalue weighted by Gasteiger charge is 2.20. The summed E-state index contributed by atoms with van der Waals surface area (Å²) in [5.41, 5.74) is 7.24. The van der Waals surface area contributed by atoms with E-state index < -0.39 is 0 Å². The number of hydrogen-bond acceptors (Lipinski definition) is 2. The Hall–Kier alpha value is -0.380. The molecule has 0 radical (unpaired) electrons. The first-order valence-electron chi connectivity index (χ1n) is 5.71. The summed E-state index contributed by atoms with van der Waals surface area (Å²) in [6, 6.07) is 8.19. The van der Waals surface area contributed by atoms with Gasteiger partial charge >= 0.3 is 0 Å². The minimum absolute atomic E-state index is 0.0255. The third-order valence-corrected chi connectivity index (χ3v) is 2.95. The molecule has 2 atom stereocenters. The highest BCUT2D eigenvalue weighted by atomic mass is 79.9. The summed E-state index contributed by atoms with van der Waals surface area (Å²) in [5, 5.41) is 0. The Labute approximate surface area is 106 Å². The molecule has 0 spiro atoms. The summed E-state index contributed by atoms with van der Waals surface area (Å²) in [4.78, 5) is 0. The quantitative estimate of drug-likeness (QED) is 0.896. The summed E-state index contributed by atoms with van der Waals surface area (Å²) in [6.45, 7) is 6.15. The van der Waals surface area contributed by atoms with Gasteiger partial charge in [-0.25, -0.2) is 0 Å². The predicted octanol–water partition coefficient (Wildman–Crippen LogP) is 3.65. The smallest absolute Gasteiger partial charge is 0.0979 e. The molecule has 0 aliphatic heterocycles. The number of nitrogens with two attached hydrogens (primary N) is 1. The molecular weight excluding hydrogens is 266 g/mol. The first-order valence-corrected chi connectivity index (χ1v) is 6.50. The van der Waals surface area contributed by atoms with Crippen molar-refractivity contribution in [1.29, 1.82) is 0 Å². The van der Waals surface area contributed by atoms with Crippen LogP contribution in [0.4, 0.5) is 0 Å². The summed E-state index contributed by atoms with van der Waals surface area (Å²) in [5.74, 6) is 0. The van der Waals surface area contributed by atoms with Crippen LogP contribution in [0.25, 0.3) is 0 Å². The van der Waals surface area contributed by atoms with Gasteiger partial charge in [0.05, 0.1) is 12.2 Å². The SMILES string of the molecule is CCC(N)C(OC(C)C)c1cccc(Br)c1. The molecule has 2 unspecified atom stereocenters. The molecule has 0 aliphatic rings. The van der Waals surface area contributed by atoms with Crippen LogP contribution in [0.3, 0.4) is 0 Å². The molecule has 0 bridgehead atoms. The molecule has 0 fully saturated rings. The maximum absolute atomic E-state index is 6.11. The van der Waals surface area contributed by atoms with Crippen molar-refractivity contribution in [2.75, 3.05) is 0 Å². The van der Waals surface area contributed by atoms with Crippen LogP contribution in [-0.4, -0.2) is 12.1 Å². The van der Waals surface area contributed by atoms with Crippen molar-refractivity contribution in [2.24, 2.45) is 5.73 Å². The van der Waals surface area contributed by atoms with Crippen molar-refractivity contribution < 1.29 is 4.74 Å². The maximum Gasteiger partial charge on any atom is 0.0979 e. The van der Waals surface area contributed by atoms with E-state index in [2.05, 4.69) is 35.0 Å². The molecule has 2 nitrogen and oxygen atoms in total. The molecule has 0 saturated heterocycles. The van der Waals surface area contributed by atoms with Crippen LogP contribution in [0.2, 0.25) is 0 Å². The van der Waals surface area contributed by atoms with Crippen LogP contribution >= 0.6 is 15.9 Å². The molecule has 1 aromatic rings. The second-order valence-corrected chi connectivity index (χ2v) is 5.15. The number of benzene rings is 1. The lowest BCUT2D eigenvalue weighted by Crippen LogP contribution is -2.31. The average Bonchev–Trinajstić information content (AvgIpc) is 2.24. The zero-order valence-corrected chi connectivity index (χ0v) is 11.7. The molecular formula is C13H20BrNO. The Morgan fingerprint density at radius 3 is 2.56 bits per heavy atom. The van der Waals surface area contributed by atoms with Crippen molar-refractivity contribution in [2.45, 2.75) is 45.4 Å². The minimum atomic E-state index is -0.0255. The second-order valence-electron chi connectivity index (χ2n) is 4.23. The zero-order valence-electron chi connectivity index (χ0n) is 10.1. The summed E-state index contributed by atoms with van der Waals surface area (Å²) >= 11 is 3.47. The normalized spacial score (nSPS) is 15.1. The summed E-state index contributed by atoms with van der Waals surface area (Å²) < 4.78 is 6.96. The van der Waals surface area contributed by atoms with Gasteiger partial charge in [0.25, 0.3) is 0 Å². The molecule has 0 amide bonds. The molecule has 0 saturated carbocycles. The van der Waals surface area contributed by atoms with Gasteiger partial charge in [0.2, 0.25) is 0 Å². The third-order valence-electron chi connectivity index (χ3n) is 2.46. The van der Waals surface area contributed by atoms with E-state index in [-0.39, 0.29) is 18.2 Å². The van der Waals surface area contributed by atoms with E-state index in [1.807, 2.05) is 26.0 Å². The third kappa shape index (κ3) is 3.89. The van der Waals surface area contributed by atoms with Gasteiger partial charge in [0.1, 0.15) is 0 Å². The molecule has 3 heteroatoms. The van der Waals surface area contributed by atoms with Gasteiger partial charge in [-0.05, 0) is 38.0 Å². The number of halogens is 1. The Bertz CT molecular complexity index is 327. The van der Waals surface area contributed by atoms with Gasteiger partial charge in [-0.2, -0.15) is 0 Å². The standard InChI is InChI=1S/C13H20BrNO/c1-4-12(15)13(16-9(2)3)10-6-5-7-11(14)8-10/h5-9,12-13H,4,15H2,1-3H3. The van der Waals surface area contributed by atoms with Gasteiger partial charge in [-0.15, -0.1) is 0 Å². The molecule has 1 aromatic carbocycles. The lowest BCUT2D eigenvalue weighted by atomic mass is 10.0. The van der Waals surface area contributed by atoms with E-state index >= 15 is 0 Å². The summed E-state index contributed by atoms with van der Waals surface area (Å²) in [7, 11) is 0. The van der Waals surface area contributed by atoms with Crippen molar-refractivity contribution in [3.63, 3.8) is 0 Å². The Morgan fingerprint density at radius 2 is 2.06 bits per heavy atom. The highest BCUT2D eigenvalue weighted by Crippen LogP contribution is 2.25. The van der Waals surface area contributed by atoms with Crippen LogP contribution in [-0.2, 0) is 4.74 Å². The van der Waals surface area contributed by atoms with Crippen molar-refractivity contribution in [3.05, 3.63) is 34.3 Å². The van der Waals surface area contributed by atoms with Gasteiger partial charge < -0.3 is 10.5 Å². The first kappa shape index (κ1) is 13.7. The molecule has 1 rings (SSSR count). The maximum atomic E-state index is 6.11. The van der Waals surface area contributed by atoms with Gasteiger partial charge in [0, 0.05) is 10.5 Å². The van der Waals surface area contributed by atoms with Gasteiger partial charge in [0.15, 0.2) is 0 Å². The molecule has 16 heavy (non-hydrogen) atoms. The largest absolute Gasteiger partial charge is 0.369 e. The Kier molecular flexibility index (Phi) is 5.46. The summed E-state index contributed by atoms with van der Waals surface area (Å²) in [6.07, 6.45) is 1.06. The number of hydrogen-bond donors (Lipinski definition) is 1. The first-order chi connectivity index (χ1) is 7.54. The van der Waals surface area contributed by atoms with Crippen LogP contribution in [0.5, 0.6) is 0 Å². The lowest BCUT2D eigenvalue weighted by Gasteiger charge is -2.26. The van der Waals surface area contributed by atoms with Crippen LogP contribution in [0.1, 0.15) is 38.9 Å². The van der Waals surface area contributed by atoms with Crippen LogP contribution in [0, 0.1) is 0 Å². The number of ether oxygens (including phenoxy) is 1. The number of rotatable bonds is 5. The van der Waals surface area contributed by atoms with E-state index in [0.29, 0.717) is 0 Å². The highest BCUT2D eigenvalue weighted by molar-refractivity contribution is 9.10. The van der Waals surface area contributed by atoms with E-state index in [9.17, 15) is 0 Å². The lowest BCUT2D eigenvalue weighted by molar-refractivity contribution is -0.00901. The Morgan fingerprint density at radius 1 is 1.38 bits per heavy atom. The Balaban J connectivity index is 2.91. The molecule has 0 aromatic heterocycles. The fourth-order valence-electron chi connectivity index (χ4n) is 1.62. The van der Waals surface area contributed by atoms with E-state index in [0.717, 1.165) is 16.5 Å². The molecule has 2 N–H and O–H groups in total. The topological polar surface area (TPSA) is 35.2 Å². The van der Waals surface area contributed by atoms with E-state index in [1.54, 1.807) is 0 Å².